The standard InChI is InChI=1S/C24H50O4S.Na/c1-3-5-7-9-10-11-13-17-21-24(29(26,27)28)22-18-14-16-20-23(25)19-15-12-8-6-4-2;/h23-25H,3-22H2,1-2H3,(H,26,27,28);/q;+1/p-1. The van der Waals surface area contributed by atoms with Gasteiger partial charge in [-0.05, 0) is 25.7 Å². The van der Waals surface area contributed by atoms with Gasteiger partial charge in [-0.15, -0.1) is 0 Å². The minimum atomic E-state index is -4.19. The largest absolute Gasteiger partial charge is 1.00 e. The summed E-state index contributed by atoms with van der Waals surface area (Å²) < 4.78 is 34.6. The zero-order valence-electron chi connectivity index (χ0n) is 20.4. The SMILES string of the molecule is CCCCCCCCCCC(CCCCCC(O)CCCCCCC)S(=O)(=O)[O-].[Na+]. The van der Waals surface area contributed by atoms with Crippen molar-refractivity contribution in [3.8, 4) is 0 Å². The van der Waals surface area contributed by atoms with Crippen LogP contribution >= 0.6 is 0 Å². The van der Waals surface area contributed by atoms with Crippen molar-refractivity contribution in [2.45, 2.75) is 154 Å². The Morgan fingerprint density at radius 3 is 1.27 bits per heavy atom. The van der Waals surface area contributed by atoms with Gasteiger partial charge in [-0.25, -0.2) is 8.42 Å². The van der Waals surface area contributed by atoms with Gasteiger partial charge >= 0.3 is 29.6 Å². The first-order chi connectivity index (χ1) is 13.9. The van der Waals surface area contributed by atoms with Gasteiger partial charge in [0.25, 0.3) is 0 Å². The second kappa shape index (κ2) is 23.0. The van der Waals surface area contributed by atoms with E-state index in [2.05, 4.69) is 13.8 Å². The molecule has 0 bridgehead atoms. The Balaban J connectivity index is 0. The van der Waals surface area contributed by atoms with E-state index < -0.39 is 15.4 Å². The summed E-state index contributed by atoms with van der Waals surface area (Å²) in [6, 6.07) is 0. The number of hydrogen-bond acceptors (Lipinski definition) is 4. The van der Waals surface area contributed by atoms with Crippen LogP contribution in [-0.4, -0.2) is 29.4 Å². The summed E-state index contributed by atoms with van der Waals surface area (Å²) in [5.41, 5.74) is 0. The summed E-state index contributed by atoms with van der Waals surface area (Å²) in [5, 5.41) is 9.32. The van der Waals surface area contributed by atoms with Gasteiger partial charge in [-0.2, -0.15) is 0 Å². The molecule has 0 aliphatic carbocycles. The van der Waals surface area contributed by atoms with Gasteiger partial charge in [0.05, 0.1) is 16.2 Å². The van der Waals surface area contributed by atoms with Crippen molar-refractivity contribution in [2.75, 3.05) is 0 Å². The molecule has 2 unspecified atom stereocenters. The Bertz CT molecular complexity index is 442. The van der Waals surface area contributed by atoms with E-state index in [1.54, 1.807) is 0 Å². The molecule has 0 saturated heterocycles. The van der Waals surface area contributed by atoms with Crippen molar-refractivity contribution in [3.63, 3.8) is 0 Å². The molecule has 0 heterocycles. The molecule has 0 saturated carbocycles. The van der Waals surface area contributed by atoms with Crippen LogP contribution < -0.4 is 29.6 Å². The van der Waals surface area contributed by atoms with Gasteiger partial charge in [0.2, 0.25) is 0 Å². The van der Waals surface area contributed by atoms with Crippen LogP contribution in [0.3, 0.4) is 0 Å². The zero-order valence-corrected chi connectivity index (χ0v) is 23.2. The maximum Gasteiger partial charge on any atom is 1.00 e. The van der Waals surface area contributed by atoms with E-state index in [0.717, 1.165) is 57.8 Å². The Kier molecular flexibility index (Phi) is 25.4. The van der Waals surface area contributed by atoms with Crippen molar-refractivity contribution >= 4 is 10.1 Å². The Hall–Kier alpha value is 0.870. The fourth-order valence-electron chi connectivity index (χ4n) is 4.00. The molecular weight excluding hydrogens is 407 g/mol. The third-order valence-corrected chi connectivity index (χ3v) is 7.28. The number of aliphatic hydroxyl groups is 1. The minimum absolute atomic E-state index is 0. The van der Waals surface area contributed by atoms with Gasteiger partial charge in [0.15, 0.2) is 0 Å². The molecule has 0 aromatic rings. The molecule has 4 nitrogen and oxygen atoms in total. The van der Waals surface area contributed by atoms with Gasteiger partial charge in [-0.3, -0.25) is 0 Å². The minimum Gasteiger partial charge on any atom is -0.748 e. The summed E-state index contributed by atoms with van der Waals surface area (Å²) in [4.78, 5) is 0. The molecule has 0 amide bonds. The summed E-state index contributed by atoms with van der Waals surface area (Å²) in [6.45, 7) is 4.41. The molecule has 0 radical (unpaired) electrons. The van der Waals surface area contributed by atoms with Crippen LogP contribution in [0.5, 0.6) is 0 Å². The third-order valence-electron chi connectivity index (χ3n) is 5.99. The van der Waals surface area contributed by atoms with Gasteiger partial charge < -0.3 is 9.66 Å². The van der Waals surface area contributed by atoms with Crippen molar-refractivity contribution < 1.29 is 47.6 Å². The predicted molar refractivity (Wildman–Crippen MR) is 123 cm³/mol. The summed E-state index contributed by atoms with van der Waals surface area (Å²) >= 11 is 0. The van der Waals surface area contributed by atoms with Crippen LogP contribution in [0.4, 0.5) is 0 Å². The summed E-state index contributed by atoms with van der Waals surface area (Å²) in [6.07, 6.45) is 20.4. The van der Waals surface area contributed by atoms with E-state index in [4.69, 9.17) is 0 Å². The molecule has 1 N–H and O–H groups in total. The average molecular weight is 457 g/mol. The molecule has 0 aromatic carbocycles. The van der Waals surface area contributed by atoms with E-state index in [1.165, 1.54) is 57.8 Å². The monoisotopic (exact) mass is 456 g/mol. The fourth-order valence-corrected chi connectivity index (χ4v) is 4.91. The van der Waals surface area contributed by atoms with Crippen molar-refractivity contribution in [1.29, 1.82) is 0 Å². The number of aliphatic hydroxyl groups excluding tert-OH is 1. The molecule has 6 heteroatoms. The normalized spacial score (nSPS) is 13.7. The van der Waals surface area contributed by atoms with Gasteiger partial charge in [0.1, 0.15) is 0 Å². The van der Waals surface area contributed by atoms with E-state index in [-0.39, 0.29) is 35.7 Å². The summed E-state index contributed by atoms with van der Waals surface area (Å²) in [5.74, 6) is 0. The first kappa shape index (κ1) is 33.0. The molecule has 2 atom stereocenters. The number of hydrogen-bond donors (Lipinski definition) is 1. The van der Waals surface area contributed by atoms with Gasteiger partial charge in [-0.1, -0.05) is 117 Å². The van der Waals surface area contributed by atoms with E-state index in [1.807, 2.05) is 0 Å². The van der Waals surface area contributed by atoms with E-state index in [9.17, 15) is 18.1 Å². The summed E-state index contributed by atoms with van der Waals surface area (Å²) in [7, 11) is -4.19. The zero-order chi connectivity index (χ0) is 21.8. The van der Waals surface area contributed by atoms with Crippen molar-refractivity contribution in [2.24, 2.45) is 0 Å². The second-order valence-electron chi connectivity index (χ2n) is 8.87. The Labute approximate surface area is 210 Å². The first-order valence-electron chi connectivity index (χ1n) is 12.5. The van der Waals surface area contributed by atoms with Crippen LogP contribution in [-0.2, 0) is 10.1 Å². The van der Waals surface area contributed by atoms with Crippen LogP contribution in [0, 0.1) is 0 Å². The van der Waals surface area contributed by atoms with Crippen LogP contribution in [0.25, 0.3) is 0 Å². The Morgan fingerprint density at radius 1 is 0.600 bits per heavy atom. The molecule has 0 aromatic heterocycles. The first-order valence-corrected chi connectivity index (χ1v) is 14.0. The van der Waals surface area contributed by atoms with Gasteiger partial charge in [0, 0.05) is 5.25 Å². The van der Waals surface area contributed by atoms with Crippen LogP contribution in [0.1, 0.15) is 142 Å². The predicted octanol–water partition coefficient (Wildman–Crippen LogP) is 4.11. The molecule has 0 aliphatic rings. The maximum absolute atomic E-state index is 11.5. The van der Waals surface area contributed by atoms with Crippen LogP contribution in [0.15, 0.2) is 0 Å². The number of unbranched alkanes of at least 4 members (excludes halogenated alkanes) is 13. The topological polar surface area (TPSA) is 77.4 Å². The van der Waals surface area contributed by atoms with E-state index in [0.29, 0.717) is 12.8 Å². The van der Waals surface area contributed by atoms with Crippen molar-refractivity contribution in [1.82, 2.24) is 0 Å². The molecular formula is C24H49NaO4S. The smallest absolute Gasteiger partial charge is 0.748 e. The maximum atomic E-state index is 11.5. The molecule has 0 spiro atoms. The van der Waals surface area contributed by atoms with Crippen LogP contribution in [0.2, 0.25) is 0 Å². The number of rotatable bonds is 22. The molecule has 30 heavy (non-hydrogen) atoms. The molecule has 0 rings (SSSR count). The van der Waals surface area contributed by atoms with Crippen molar-refractivity contribution in [3.05, 3.63) is 0 Å². The fraction of sp³-hybridized carbons (Fsp3) is 1.00. The third kappa shape index (κ3) is 22.1. The van der Waals surface area contributed by atoms with E-state index >= 15 is 0 Å². The average Bonchev–Trinajstić information content (AvgIpc) is 2.67. The second-order valence-corrected chi connectivity index (χ2v) is 10.5. The molecule has 0 fully saturated rings. The quantitative estimate of drug-likeness (QED) is 0.151. The molecule has 0 aliphatic heterocycles. The Morgan fingerprint density at radius 2 is 0.900 bits per heavy atom. The molecule has 176 valence electrons.